The van der Waals surface area contributed by atoms with E-state index in [1.807, 2.05) is 0 Å². The third kappa shape index (κ3) is 52.0. The van der Waals surface area contributed by atoms with Crippen LogP contribution in [0, 0.1) is 6.92 Å². The Bertz CT molecular complexity index is 364. The summed E-state index contributed by atoms with van der Waals surface area (Å²) < 4.78 is 0. The molecule has 0 aromatic rings. The zero-order valence-corrected chi connectivity index (χ0v) is 17.0. The van der Waals surface area contributed by atoms with Crippen molar-refractivity contribution >= 4 is 47.8 Å². The summed E-state index contributed by atoms with van der Waals surface area (Å²) in [5.41, 5.74) is 0. The van der Waals surface area contributed by atoms with Crippen LogP contribution in [0.3, 0.4) is 0 Å². The number of carbonyl (C=O) groups is 4. The van der Waals surface area contributed by atoms with Gasteiger partial charge in [-0.25, -0.2) is 9.59 Å². The third-order valence-corrected chi connectivity index (χ3v) is 2.08. The third-order valence-electron chi connectivity index (χ3n) is 2.08. The monoisotopic (exact) mass is 465 g/mol. The summed E-state index contributed by atoms with van der Waals surface area (Å²) in [6, 6.07) is 0. The first-order valence-corrected chi connectivity index (χ1v) is 7.20. The van der Waals surface area contributed by atoms with Gasteiger partial charge >= 0.3 is 35.8 Å². The van der Waals surface area contributed by atoms with Gasteiger partial charge < -0.3 is 30.0 Å². The van der Waals surface area contributed by atoms with E-state index >= 15 is 0 Å². The summed E-state index contributed by atoms with van der Waals surface area (Å²) >= 11 is 0. The van der Waals surface area contributed by atoms with Crippen LogP contribution in [0.4, 0.5) is 0 Å². The Hall–Kier alpha value is -1.84. The number of carbonyl (C=O) groups excluding carboxylic acids is 2. The van der Waals surface area contributed by atoms with E-state index in [1.165, 1.54) is 32.1 Å². The van der Waals surface area contributed by atoms with Crippen molar-refractivity contribution in [3.05, 3.63) is 31.2 Å². The van der Waals surface area contributed by atoms with Gasteiger partial charge in [-0.3, -0.25) is 0 Å². The summed E-state index contributed by atoms with van der Waals surface area (Å²) in [5.74, 6) is -5.61. The van der Waals surface area contributed by atoms with Crippen molar-refractivity contribution in [1.82, 2.24) is 0 Å². The Morgan fingerprint density at radius 3 is 1.44 bits per heavy atom. The maximum atomic E-state index is 9.55. The van der Waals surface area contributed by atoms with Gasteiger partial charge in [-0.1, -0.05) is 52.4 Å². The quantitative estimate of drug-likeness (QED) is 0.270. The largest absolute Gasteiger partial charge is 2.00 e. The first kappa shape index (κ1) is 31.0. The second-order valence-corrected chi connectivity index (χ2v) is 4.25. The maximum absolute atomic E-state index is 9.55. The smallest absolute Gasteiger partial charge is 0.545 e. The van der Waals surface area contributed by atoms with Gasteiger partial charge in [-0.15, -0.1) is 0 Å². The molecule has 0 amide bonds. The molecule has 141 valence electrons. The SMILES string of the molecule is O=C(O)/C=C\C(=O)O.O=C([O-])/C=C\C(=O)[O-].[CH2]CCCCCCC.[HH].[Sn+2]. The topological polar surface area (TPSA) is 155 Å². The average molecular weight is 464 g/mol. The van der Waals surface area contributed by atoms with Crippen LogP contribution in [0.15, 0.2) is 24.3 Å². The molecule has 2 N–H and O–H groups in total. The molecule has 9 heteroatoms. The average Bonchev–Trinajstić information content (AvgIpc) is 2.49. The summed E-state index contributed by atoms with van der Waals surface area (Å²) in [4.78, 5) is 37.9. The molecule has 0 bridgehead atoms. The molecule has 0 fully saturated rings. The van der Waals surface area contributed by atoms with Gasteiger partial charge in [0.2, 0.25) is 0 Å². The fraction of sp³-hybridized carbons (Fsp3) is 0.438. The fourth-order valence-corrected chi connectivity index (χ4v) is 1.06. The predicted octanol–water partition coefficient (Wildman–Crippen LogP) is -0.200. The van der Waals surface area contributed by atoms with Crippen LogP contribution in [-0.4, -0.2) is 58.0 Å². The van der Waals surface area contributed by atoms with E-state index in [-0.39, 0.29) is 25.3 Å². The Morgan fingerprint density at radius 2 is 1.20 bits per heavy atom. The summed E-state index contributed by atoms with van der Waals surface area (Å²) in [5, 5.41) is 34.5. The molecule has 0 atom stereocenters. The molecule has 25 heavy (non-hydrogen) atoms. The summed E-state index contributed by atoms with van der Waals surface area (Å²) in [7, 11) is 0. The van der Waals surface area contributed by atoms with E-state index in [0.29, 0.717) is 24.3 Å². The standard InChI is InChI=1S/C8H17.2C4H4O4.Sn.H2/c1-3-5-7-8-6-4-2;2*5-3(6)1-2-4(7)8;;/h1,3-8H2,2H3;2*1-2H,(H,5,6)(H,7,8);;1H/q;;;+2;/p-2/b;2*2-1-;;. The molecule has 0 spiro atoms. The normalized spacial score (nSPS) is 9.20. The first-order chi connectivity index (χ1) is 11.2. The Balaban J connectivity index is -0.0000000817. The maximum Gasteiger partial charge on any atom is 2.00 e. The van der Waals surface area contributed by atoms with Crippen molar-refractivity contribution in [2.75, 3.05) is 0 Å². The predicted molar refractivity (Wildman–Crippen MR) is 90.2 cm³/mol. The summed E-state index contributed by atoms with van der Waals surface area (Å²) in [6.45, 7) is 6.02. The number of aliphatic carboxylic acids is 4. The molecule has 3 radical (unpaired) electrons. The fourth-order valence-electron chi connectivity index (χ4n) is 1.06. The van der Waals surface area contributed by atoms with Crippen molar-refractivity contribution in [2.24, 2.45) is 0 Å². The summed E-state index contributed by atoms with van der Waals surface area (Å²) in [6.07, 6.45) is 9.86. The van der Waals surface area contributed by atoms with Crippen molar-refractivity contribution in [3.8, 4) is 0 Å². The van der Waals surface area contributed by atoms with Crippen LogP contribution in [0.2, 0.25) is 0 Å². The van der Waals surface area contributed by atoms with Crippen molar-refractivity contribution in [3.63, 3.8) is 0 Å². The second kappa shape index (κ2) is 24.4. The number of carboxylic acids is 4. The van der Waals surface area contributed by atoms with E-state index in [1.54, 1.807) is 0 Å². The zero-order valence-electron chi connectivity index (χ0n) is 14.1. The van der Waals surface area contributed by atoms with Crippen molar-refractivity contribution in [1.29, 1.82) is 0 Å². The van der Waals surface area contributed by atoms with Gasteiger partial charge in [0.25, 0.3) is 0 Å². The van der Waals surface area contributed by atoms with Gasteiger partial charge in [-0.05, 0) is 12.2 Å². The molecule has 0 heterocycles. The molecule has 0 saturated carbocycles. The van der Waals surface area contributed by atoms with Gasteiger partial charge in [0, 0.05) is 13.6 Å². The van der Waals surface area contributed by atoms with E-state index < -0.39 is 23.9 Å². The molecular weight excluding hydrogens is 439 g/mol. The van der Waals surface area contributed by atoms with Crippen molar-refractivity contribution in [2.45, 2.75) is 45.4 Å². The van der Waals surface area contributed by atoms with Gasteiger partial charge in [0.15, 0.2) is 0 Å². The molecular formula is C16H25O8Sn. The van der Waals surface area contributed by atoms with Crippen LogP contribution in [0.5, 0.6) is 0 Å². The molecule has 0 aromatic carbocycles. The van der Waals surface area contributed by atoms with E-state index in [2.05, 4.69) is 13.8 Å². The van der Waals surface area contributed by atoms with Crippen LogP contribution >= 0.6 is 0 Å². The minimum atomic E-state index is -1.55. The van der Waals surface area contributed by atoms with Gasteiger partial charge in [-0.2, -0.15) is 0 Å². The van der Waals surface area contributed by atoms with Crippen LogP contribution in [-0.2, 0) is 19.2 Å². The molecule has 0 aliphatic carbocycles. The van der Waals surface area contributed by atoms with Crippen molar-refractivity contribution < 1.29 is 41.0 Å². The minimum Gasteiger partial charge on any atom is -0.545 e. The van der Waals surface area contributed by atoms with Crippen LogP contribution < -0.4 is 10.2 Å². The number of hydrogen-bond donors (Lipinski definition) is 2. The number of hydrogen-bond acceptors (Lipinski definition) is 6. The van der Waals surface area contributed by atoms with Gasteiger partial charge in [0.05, 0.1) is 11.9 Å². The number of rotatable bonds is 9. The van der Waals surface area contributed by atoms with E-state index in [0.717, 1.165) is 6.42 Å². The minimum absolute atomic E-state index is 0. The Morgan fingerprint density at radius 1 is 0.840 bits per heavy atom. The molecule has 0 saturated heterocycles. The number of unbranched alkanes of at least 4 members (excludes halogenated alkanes) is 5. The van der Waals surface area contributed by atoms with E-state index in [4.69, 9.17) is 10.2 Å². The Labute approximate surface area is 165 Å². The molecule has 0 aromatic heterocycles. The second-order valence-electron chi connectivity index (χ2n) is 4.25. The molecule has 0 aliphatic heterocycles. The molecule has 0 unspecified atom stereocenters. The van der Waals surface area contributed by atoms with Crippen LogP contribution in [0.25, 0.3) is 0 Å². The Kier molecular flexibility index (Phi) is 30.3. The van der Waals surface area contributed by atoms with Gasteiger partial charge in [0.1, 0.15) is 0 Å². The van der Waals surface area contributed by atoms with E-state index in [9.17, 15) is 29.4 Å². The molecule has 8 nitrogen and oxygen atoms in total. The zero-order chi connectivity index (χ0) is 19.4. The molecule has 0 aliphatic rings. The number of carboxylic acid groups (broad SMARTS) is 4. The first-order valence-electron chi connectivity index (χ1n) is 7.20. The van der Waals surface area contributed by atoms with Crippen LogP contribution in [0.1, 0.15) is 46.9 Å². The molecule has 0 rings (SSSR count).